The van der Waals surface area contributed by atoms with Crippen LogP contribution in [0.3, 0.4) is 0 Å². The van der Waals surface area contributed by atoms with Gasteiger partial charge >= 0.3 is 10.5 Å². The fraction of sp³-hybridized carbons (Fsp3) is 0. The lowest BCUT2D eigenvalue weighted by Gasteiger charge is -2.03. The van der Waals surface area contributed by atoms with Gasteiger partial charge in [0, 0.05) is 5.56 Å². The second kappa shape index (κ2) is 5.28. The lowest BCUT2D eigenvalue weighted by Crippen LogP contribution is -2.11. The van der Waals surface area contributed by atoms with Crippen molar-refractivity contribution in [2.75, 3.05) is 5.32 Å². The molecule has 2 rings (SSSR count). The molecule has 0 saturated heterocycles. The van der Waals surface area contributed by atoms with Gasteiger partial charge in [-0.25, -0.2) is 0 Å². The highest BCUT2D eigenvalue weighted by atomic mass is 32.3. The number of benzene rings is 1. The zero-order valence-corrected chi connectivity index (χ0v) is 10.7. The number of amides is 1. The van der Waals surface area contributed by atoms with Crippen molar-refractivity contribution >= 4 is 32.9 Å². The molecule has 1 N–H and O–H groups in total. The summed E-state index contributed by atoms with van der Waals surface area (Å²) in [7, 11) is -5.07. The van der Waals surface area contributed by atoms with Gasteiger partial charge in [-0.05, 0) is 24.3 Å². The summed E-state index contributed by atoms with van der Waals surface area (Å²) in [4.78, 5) is 11.7. The third-order valence-electron chi connectivity index (χ3n) is 1.89. The van der Waals surface area contributed by atoms with Gasteiger partial charge in [-0.3, -0.25) is 10.1 Å². The first-order valence-corrected chi connectivity index (χ1v) is 6.94. The van der Waals surface area contributed by atoms with E-state index in [0.29, 0.717) is 5.13 Å². The van der Waals surface area contributed by atoms with E-state index >= 15 is 0 Å². The summed E-state index contributed by atoms with van der Waals surface area (Å²) in [5, 5.41) is 9.99. The molecule has 19 heavy (non-hydrogen) atoms. The quantitative estimate of drug-likeness (QED) is 0.857. The molecule has 0 fully saturated rings. The van der Waals surface area contributed by atoms with E-state index in [1.165, 1.54) is 17.6 Å². The van der Waals surface area contributed by atoms with Crippen LogP contribution in [-0.2, 0) is 10.5 Å². The van der Waals surface area contributed by atoms with Crippen molar-refractivity contribution in [2.45, 2.75) is 0 Å². The van der Waals surface area contributed by atoms with Crippen molar-refractivity contribution in [3.05, 3.63) is 35.3 Å². The van der Waals surface area contributed by atoms with Crippen LogP contribution in [-0.4, -0.2) is 24.5 Å². The number of carbonyl (C=O) groups is 1. The van der Waals surface area contributed by atoms with Crippen molar-refractivity contribution in [3.63, 3.8) is 0 Å². The number of nitrogens with zero attached hydrogens (tertiary/aromatic N) is 2. The van der Waals surface area contributed by atoms with Crippen LogP contribution >= 0.6 is 11.3 Å². The molecule has 7 nitrogen and oxygen atoms in total. The highest BCUT2D eigenvalue weighted by molar-refractivity contribution is 7.81. The van der Waals surface area contributed by atoms with Crippen LogP contribution in [0.5, 0.6) is 5.75 Å². The minimum Gasteiger partial charge on any atom is -0.358 e. The zero-order valence-electron chi connectivity index (χ0n) is 9.11. The maximum atomic E-state index is 12.2. The number of hydrogen-bond donors (Lipinski definition) is 1. The van der Waals surface area contributed by atoms with E-state index in [2.05, 4.69) is 19.7 Å². The van der Waals surface area contributed by atoms with E-state index in [4.69, 9.17) is 0 Å². The first-order chi connectivity index (χ1) is 8.94. The second-order valence-corrected chi connectivity index (χ2v) is 4.98. The predicted octanol–water partition coefficient (Wildman–Crippen LogP) is 1.38. The standard InChI is InChI=1S/C9H6FN3O4S2/c10-19(15,16)17-7-3-1-6(2-4-7)8(14)12-9-13-11-5-18-9/h1-5H,(H,12,13,14). The monoisotopic (exact) mass is 303 g/mol. The van der Waals surface area contributed by atoms with Crippen molar-refractivity contribution < 1.29 is 21.3 Å². The van der Waals surface area contributed by atoms with Crippen molar-refractivity contribution in [1.82, 2.24) is 10.2 Å². The van der Waals surface area contributed by atoms with Crippen molar-refractivity contribution in [1.29, 1.82) is 0 Å². The molecular formula is C9H6FN3O4S2. The maximum absolute atomic E-state index is 12.2. The summed E-state index contributed by atoms with van der Waals surface area (Å²) in [6.07, 6.45) is 0. The summed E-state index contributed by atoms with van der Waals surface area (Å²) in [5.41, 5.74) is 1.69. The summed E-state index contributed by atoms with van der Waals surface area (Å²) in [5.74, 6) is -0.679. The Bertz CT molecular complexity index is 670. The number of anilines is 1. The van der Waals surface area contributed by atoms with Gasteiger partial charge < -0.3 is 4.18 Å². The van der Waals surface area contributed by atoms with Crippen LogP contribution in [0.2, 0.25) is 0 Å². The number of rotatable bonds is 4. The molecule has 0 aliphatic carbocycles. The van der Waals surface area contributed by atoms with Crippen LogP contribution in [0.25, 0.3) is 0 Å². The normalized spacial score (nSPS) is 11.0. The van der Waals surface area contributed by atoms with Crippen LogP contribution in [0, 0.1) is 0 Å². The van der Waals surface area contributed by atoms with E-state index in [-0.39, 0.29) is 11.3 Å². The van der Waals surface area contributed by atoms with Gasteiger partial charge in [0.2, 0.25) is 5.13 Å². The SMILES string of the molecule is O=C(Nc1nncs1)c1ccc(OS(=O)(=O)F)cc1. The molecule has 0 saturated carbocycles. The third-order valence-corrected chi connectivity index (χ3v) is 2.89. The molecule has 0 atom stereocenters. The third kappa shape index (κ3) is 3.96. The Kier molecular flexibility index (Phi) is 3.71. The first kappa shape index (κ1) is 13.4. The molecule has 100 valence electrons. The molecule has 0 unspecified atom stereocenters. The summed E-state index contributed by atoms with van der Waals surface area (Å²) in [6.45, 7) is 0. The average Bonchev–Trinajstić information content (AvgIpc) is 2.80. The molecule has 0 spiro atoms. The number of carbonyl (C=O) groups excluding carboxylic acids is 1. The van der Waals surface area contributed by atoms with Gasteiger partial charge in [-0.15, -0.1) is 10.2 Å². The Morgan fingerprint density at radius 1 is 1.32 bits per heavy atom. The largest absolute Gasteiger partial charge is 0.488 e. The highest BCUT2D eigenvalue weighted by Gasteiger charge is 2.11. The van der Waals surface area contributed by atoms with E-state index in [9.17, 15) is 17.1 Å². The Morgan fingerprint density at radius 2 is 2.00 bits per heavy atom. The summed E-state index contributed by atoms with van der Waals surface area (Å²) >= 11 is 1.15. The van der Waals surface area contributed by atoms with Crippen LogP contribution in [0.4, 0.5) is 9.02 Å². The fourth-order valence-corrected chi connectivity index (χ4v) is 1.95. The molecule has 1 aromatic carbocycles. The number of nitrogens with one attached hydrogen (secondary N) is 1. The second-order valence-electron chi connectivity index (χ2n) is 3.20. The van der Waals surface area contributed by atoms with Crippen LogP contribution < -0.4 is 9.50 Å². The van der Waals surface area contributed by atoms with Gasteiger partial charge in [-0.1, -0.05) is 15.2 Å². The van der Waals surface area contributed by atoms with Gasteiger partial charge in [0.1, 0.15) is 11.3 Å². The number of aromatic nitrogens is 2. The van der Waals surface area contributed by atoms with Gasteiger partial charge in [0.25, 0.3) is 5.91 Å². The lowest BCUT2D eigenvalue weighted by molar-refractivity contribution is 0.102. The highest BCUT2D eigenvalue weighted by Crippen LogP contribution is 2.16. The molecule has 0 aliphatic heterocycles. The average molecular weight is 303 g/mol. The van der Waals surface area contributed by atoms with Crippen molar-refractivity contribution in [2.24, 2.45) is 0 Å². The van der Waals surface area contributed by atoms with Gasteiger partial charge in [-0.2, -0.15) is 8.42 Å². The molecule has 1 amide bonds. The minimum atomic E-state index is -5.07. The van der Waals surface area contributed by atoms with E-state index in [0.717, 1.165) is 23.5 Å². The topological polar surface area (TPSA) is 98.2 Å². The smallest absolute Gasteiger partial charge is 0.358 e. The van der Waals surface area contributed by atoms with Crippen LogP contribution in [0.15, 0.2) is 29.8 Å². The predicted molar refractivity (Wildman–Crippen MR) is 65.0 cm³/mol. The number of halogens is 1. The molecular weight excluding hydrogens is 297 g/mol. The maximum Gasteiger partial charge on any atom is 0.488 e. The molecule has 2 aromatic rings. The van der Waals surface area contributed by atoms with Crippen molar-refractivity contribution in [3.8, 4) is 5.75 Å². The first-order valence-electron chi connectivity index (χ1n) is 4.76. The number of hydrogen-bond acceptors (Lipinski definition) is 7. The van der Waals surface area contributed by atoms with E-state index in [1.807, 2.05) is 0 Å². The molecule has 1 heterocycles. The van der Waals surface area contributed by atoms with E-state index < -0.39 is 16.4 Å². The zero-order chi connectivity index (χ0) is 13.9. The molecule has 10 heteroatoms. The Morgan fingerprint density at radius 3 is 2.53 bits per heavy atom. The fourth-order valence-electron chi connectivity index (χ4n) is 1.17. The summed E-state index contributed by atoms with van der Waals surface area (Å²) < 4.78 is 36.7. The lowest BCUT2D eigenvalue weighted by atomic mass is 10.2. The van der Waals surface area contributed by atoms with E-state index in [1.54, 1.807) is 0 Å². The van der Waals surface area contributed by atoms with Crippen LogP contribution in [0.1, 0.15) is 10.4 Å². The van der Waals surface area contributed by atoms with Gasteiger partial charge in [0.05, 0.1) is 0 Å². The Labute approximate surface area is 111 Å². The Balaban J connectivity index is 2.08. The molecule has 0 aliphatic rings. The van der Waals surface area contributed by atoms with Gasteiger partial charge in [0.15, 0.2) is 0 Å². The minimum absolute atomic E-state index is 0.227. The summed E-state index contributed by atoms with van der Waals surface area (Å²) in [6, 6.07) is 4.89. The molecule has 1 aromatic heterocycles. The molecule has 0 radical (unpaired) electrons. The molecule has 0 bridgehead atoms. The Hall–Kier alpha value is -2.07.